The molecule has 0 saturated carbocycles. The third-order valence-electron chi connectivity index (χ3n) is 5.22. The van der Waals surface area contributed by atoms with E-state index in [0.29, 0.717) is 18.7 Å². The first kappa shape index (κ1) is 17.4. The lowest BCUT2D eigenvalue weighted by Gasteiger charge is -2.35. The summed E-state index contributed by atoms with van der Waals surface area (Å²) in [6.45, 7) is 2.90. The molecule has 4 aromatic rings. The van der Waals surface area contributed by atoms with Gasteiger partial charge in [0.2, 0.25) is 0 Å². The molecule has 1 aromatic carbocycles. The van der Waals surface area contributed by atoms with Gasteiger partial charge >= 0.3 is 0 Å². The molecule has 1 aliphatic heterocycles. The molecule has 29 heavy (non-hydrogen) atoms. The maximum absolute atomic E-state index is 13.1. The first-order chi connectivity index (χ1) is 14.3. The number of amides is 1. The number of benzene rings is 1. The molecular formula is C22H20N6O. The van der Waals surface area contributed by atoms with E-state index in [1.165, 1.54) is 0 Å². The summed E-state index contributed by atoms with van der Waals surface area (Å²) in [6.07, 6.45) is 5.29. The van der Waals surface area contributed by atoms with Gasteiger partial charge in [0.15, 0.2) is 5.65 Å². The Bertz CT molecular complexity index is 1150. The quantitative estimate of drug-likeness (QED) is 0.543. The third kappa shape index (κ3) is 3.31. The predicted molar refractivity (Wildman–Crippen MR) is 111 cm³/mol. The minimum atomic E-state index is 0.0462. The standard InChI is InChI=1S/C22H20N6O/c29-22(27-13-11-26(12-14-27)20-8-1-2-9-23-20)17-5-3-6-18(15-17)28-16-25-19-7-4-10-24-21(19)28/h1-10,15-16H,11-14H2. The molecule has 7 nitrogen and oxygen atoms in total. The van der Waals surface area contributed by atoms with Crippen LogP contribution in [0.15, 0.2) is 73.3 Å². The highest BCUT2D eigenvalue weighted by atomic mass is 16.2. The van der Waals surface area contributed by atoms with Crippen LogP contribution in [-0.2, 0) is 0 Å². The Morgan fingerprint density at radius 2 is 1.69 bits per heavy atom. The van der Waals surface area contributed by atoms with Crippen molar-refractivity contribution in [3.8, 4) is 5.69 Å². The number of imidazole rings is 1. The lowest BCUT2D eigenvalue weighted by atomic mass is 10.1. The topological polar surface area (TPSA) is 67.2 Å². The van der Waals surface area contributed by atoms with E-state index in [2.05, 4.69) is 19.9 Å². The van der Waals surface area contributed by atoms with Gasteiger partial charge in [0, 0.05) is 49.8 Å². The van der Waals surface area contributed by atoms with Gasteiger partial charge in [-0.25, -0.2) is 15.0 Å². The van der Waals surface area contributed by atoms with Crippen molar-refractivity contribution in [1.82, 2.24) is 24.4 Å². The summed E-state index contributed by atoms with van der Waals surface area (Å²) in [5.41, 5.74) is 3.16. The van der Waals surface area contributed by atoms with Crippen molar-refractivity contribution in [2.75, 3.05) is 31.1 Å². The molecule has 0 atom stereocenters. The maximum atomic E-state index is 13.1. The Morgan fingerprint density at radius 1 is 0.828 bits per heavy atom. The summed E-state index contributed by atoms with van der Waals surface area (Å²) in [6, 6.07) is 17.3. The monoisotopic (exact) mass is 384 g/mol. The average Bonchev–Trinajstić information content (AvgIpc) is 3.24. The van der Waals surface area contributed by atoms with Gasteiger partial charge < -0.3 is 9.80 Å². The highest BCUT2D eigenvalue weighted by Crippen LogP contribution is 2.19. The van der Waals surface area contributed by atoms with Crippen LogP contribution in [0.25, 0.3) is 16.9 Å². The second-order valence-corrected chi connectivity index (χ2v) is 6.98. The van der Waals surface area contributed by atoms with Gasteiger partial charge in [0.25, 0.3) is 5.91 Å². The summed E-state index contributed by atoms with van der Waals surface area (Å²) in [5.74, 6) is 1.01. The molecule has 1 amide bonds. The fourth-order valence-corrected chi connectivity index (χ4v) is 3.69. The first-order valence-corrected chi connectivity index (χ1v) is 9.63. The predicted octanol–water partition coefficient (Wildman–Crippen LogP) is 2.78. The Labute approximate surface area is 168 Å². The second-order valence-electron chi connectivity index (χ2n) is 6.98. The molecule has 7 heteroatoms. The van der Waals surface area contributed by atoms with Gasteiger partial charge in [-0.1, -0.05) is 12.1 Å². The van der Waals surface area contributed by atoms with Crippen molar-refractivity contribution < 1.29 is 4.79 Å². The van der Waals surface area contributed by atoms with Gasteiger partial charge in [-0.2, -0.15) is 0 Å². The highest BCUT2D eigenvalue weighted by Gasteiger charge is 2.23. The van der Waals surface area contributed by atoms with Gasteiger partial charge in [-0.15, -0.1) is 0 Å². The van der Waals surface area contributed by atoms with E-state index >= 15 is 0 Å². The van der Waals surface area contributed by atoms with E-state index in [1.807, 2.05) is 64.1 Å². The number of aromatic nitrogens is 4. The fraction of sp³-hybridized carbons (Fsp3) is 0.182. The number of rotatable bonds is 3. The minimum absolute atomic E-state index is 0.0462. The number of nitrogens with zero attached hydrogens (tertiary/aromatic N) is 6. The van der Waals surface area contributed by atoms with E-state index in [1.54, 1.807) is 18.7 Å². The molecule has 144 valence electrons. The van der Waals surface area contributed by atoms with Crippen LogP contribution in [-0.4, -0.2) is 56.5 Å². The summed E-state index contributed by atoms with van der Waals surface area (Å²) < 4.78 is 1.91. The molecule has 3 aromatic heterocycles. The van der Waals surface area contributed by atoms with Gasteiger partial charge in [0.1, 0.15) is 17.7 Å². The zero-order valence-electron chi connectivity index (χ0n) is 15.8. The van der Waals surface area contributed by atoms with Crippen LogP contribution in [0, 0.1) is 0 Å². The molecule has 1 saturated heterocycles. The number of piperazine rings is 1. The smallest absolute Gasteiger partial charge is 0.254 e. The zero-order chi connectivity index (χ0) is 19.6. The molecule has 1 fully saturated rings. The van der Waals surface area contributed by atoms with Crippen molar-refractivity contribution >= 4 is 22.9 Å². The Balaban J connectivity index is 1.34. The average molecular weight is 384 g/mol. The largest absolute Gasteiger partial charge is 0.353 e. The number of pyridine rings is 2. The SMILES string of the molecule is O=C(c1cccc(-n2cnc3cccnc32)c1)N1CCN(c2ccccn2)CC1. The normalized spacial score (nSPS) is 14.3. The maximum Gasteiger partial charge on any atom is 0.254 e. The van der Waals surface area contributed by atoms with Crippen LogP contribution in [0.3, 0.4) is 0 Å². The molecule has 0 bridgehead atoms. The Morgan fingerprint density at radius 3 is 2.52 bits per heavy atom. The number of hydrogen-bond acceptors (Lipinski definition) is 5. The van der Waals surface area contributed by atoms with E-state index in [9.17, 15) is 4.79 Å². The molecule has 0 spiro atoms. The van der Waals surface area contributed by atoms with Crippen LogP contribution >= 0.6 is 0 Å². The van der Waals surface area contributed by atoms with Crippen molar-refractivity contribution in [3.63, 3.8) is 0 Å². The second kappa shape index (κ2) is 7.35. The molecule has 0 radical (unpaired) electrons. The number of hydrogen-bond donors (Lipinski definition) is 0. The first-order valence-electron chi connectivity index (χ1n) is 9.63. The summed E-state index contributed by atoms with van der Waals surface area (Å²) in [7, 11) is 0. The van der Waals surface area contributed by atoms with E-state index in [0.717, 1.165) is 35.8 Å². The van der Waals surface area contributed by atoms with Crippen LogP contribution in [0.4, 0.5) is 5.82 Å². The molecule has 0 N–H and O–H groups in total. The van der Waals surface area contributed by atoms with E-state index in [4.69, 9.17) is 0 Å². The van der Waals surface area contributed by atoms with Gasteiger partial charge in [0.05, 0.1) is 0 Å². The van der Waals surface area contributed by atoms with Gasteiger partial charge in [-0.05, 0) is 42.5 Å². The van der Waals surface area contributed by atoms with Crippen LogP contribution < -0.4 is 4.90 Å². The lowest BCUT2D eigenvalue weighted by Crippen LogP contribution is -2.49. The summed E-state index contributed by atoms with van der Waals surface area (Å²) in [4.78, 5) is 30.4. The van der Waals surface area contributed by atoms with Gasteiger partial charge in [-0.3, -0.25) is 9.36 Å². The van der Waals surface area contributed by atoms with Crippen molar-refractivity contribution in [2.24, 2.45) is 0 Å². The highest BCUT2D eigenvalue weighted by molar-refractivity contribution is 5.95. The lowest BCUT2D eigenvalue weighted by molar-refractivity contribution is 0.0746. The summed E-state index contributed by atoms with van der Waals surface area (Å²) >= 11 is 0. The third-order valence-corrected chi connectivity index (χ3v) is 5.22. The summed E-state index contributed by atoms with van der Waals surface area (Å²) in [5, 5.41) is 0. The number of carbonyl (C=O) groups is 1. The molecular weight excluding hydrogens is 364 g/mol. The van der Waals surface area contributed by atoms with Crippen molar-refractivity contribution in [3.05, 3.63) is 78.9 Å². The Hall–Kier alpha value is -3.74. The number of fused-ring (bicyclic) bond motifs is 1. The number of anilines is 1. The number of carbonyl (C=O) groups excluding carboxylic acids is 1. The fourth-order valence-electron chi connectivity index (χ4n) is 3.69. The van der Waals surface area contributed by atoms with Crippen LogP contribution in [0.2, 0.25) is 0 Å². The molecule has 5 rings (SSSR count). The molecule has 0 unspecified atom stereocenters. The Kier molecular flexibility index (Phi) is 4.40. The minimum Gasteiger partial charge on any atom is -0.353 e. The zero-order valence-corrected chi connectivity index (χ0v) is 15.8. The van der Waals surface area contributed by atoms with Crippen LogP contribution in [0.5, 0.6) is 0 Å². The van der Waals surface area contributed by atoms with Crippen molar-refractivity contribution in [1.29, 1.82) is 0 Å². The van der Waals surface area contributed by atoms with Crippen LogP contribution in [0.1, 0.15) is 10.4 Å². The molecule has 1 aliphatic rings. The molecule has 0 aliphatic carbocycles. The molecule has 4 heterocycles. The van der Waals surface area contributed by atoms with Crippen molar-refractivity contribution in [2.45, 2.75) is 0 Å². The van der Waals surface area contributed by atoms with E-state index in [-0.39, 0.29) is 5.91 Å². The van der Waals surface area contributed by atoms with E-state index < -0.39 is 0 Å².